The monoisotopic (exact) mass is 680 g/mol. The average molecular weight is 682 g/mol. The predicted molar refractivity (Wildman–Crippen MR) is 164 cm³/mol. The molecule has 0 saturated carbocycles. The molecule has 2 atom stereocenters. The number of hydrogen-bond acceptors (Lipinski definition) is 8. The molecule has 0 fully saturated rings. The molecule has 2 aliphatic rings. The molecule has 0 radical (unpaired) electrons. The van der Waals surface area contributed by atoms with Crippen LogP contribution in [0.5, 0.6) is 23.0 Å². The van der Waals surface area contributed by atoms with Crippen molar-refractivity contribution in [1.29, 1.82) is 0 Å². The molecule has 0 aliphatic carbocycles. The SMILES string of the molecule is O=C(O)C(CN(Cc1ccc2c(c1)OCO2)S(=O)(=O)c1ccccc1)C(NCc1ccc2c(c1)OCO2)c1ccc(Br)cc1. The van der Waals surface area contributed by atoms with Crippen molar-refractivity contribution in [3.63, 3.8) is 0 Å². The molecule has 0 spiro atoms. The zero-order chi connectivity index (χ0) is 30.7. The van der Waals surface area contributed by atoms with Crippen molar-refractivity contribution < 1.29 is 37.3 Å². The van der Waals surface area contributed by atoms with Crippen LogP contribution in [0.1, 0.15) is 22.7 Å². The summed E-state index contributed by atoms with van der Waals surface area (Å²) in [6.07, 6.45) is 0. The lowest BCUT2D eigenvalue weighted by Crippen LogP contribution is -2.43. The van der Waals surface area contributed by atoms with E-state index in [-0.39, 0.29) is 31.6 Å². The Morgan fingerprint density at radius 1 is 0.818 bits per heavy atom. The molecule has 2 aliphatic heterocycles. The molecule has 10 nitrogen and oxygen atoms in total. The van der Waals surface area contributed by atoms with Crippen LogP contribution in [-0.4, -0.2) is 43.9 Å². The van der Waals surface area contributed by atoms with Gasteiger partial charge in [-0.15, -0.1) is 0 Å². The second kappa shape index (κ2) is 12.9. The summed E-state index contributed by atoms with van der Waals surface area (Å²) in [7, 11) is -4.11. The van der Waals surface area contributed by atoms with E-state index in [1.54, 1.807) is 36.4 Å². The van der Waals surface area contributed by atoms with Gasteiger partial charge in [0, 0.05) is 30.1 Å². The van der Waals surface area contributed by atoms with Gasteiger partial charge in [0.2, 0.25) is 23.6 Å². The van der Waals surface area contributed by atoms with Crippen molar-refractivity contribution >= 4 is 31.9 Å². The maximum absolute atomic E-state index is 14.0. The first-order valence-electron chi connectivity index (χ1n) is 13.8. The molecule has 4 aromatic rings. The summed E-state index contributed by atoms with van der Waals surface area (Å²) in [5, 5.41) is 14.0. The summed E-state index contributed by atoms with van der Waals surface area (Å²) < 4.78 is 52.0. The molecule has 0 bridgehead atoms. The van der Waals surface area contributed by atoms with Gasteiger partial charge >= 0.3 is 5.97 Å². The third-order valence-electron chi connectivity index (χ3n) is 7.49. The minimum absolute atomic E-state index is 0.0680. The zero-order valence-corrected chi connectivity index (χ0v) is 25.8. The smallest absolute Gasteiger partial charge is 0.309 e. The fraction of sp³-hybridized carbons (Fsp3) is 0.219. The first-order chi connectivity index (χ1) is 21.3. The fourth-order valence-electron chi connectivity index (χ4n) is 5.22. The predicted octanol–water partition coefficient (Wildman–Crippen LogP) is 5.33. The number of rotatable bonds is 12. The van der Waals surface area contributed by atoms with E-state index in [1.165, 1.54) is 16.4 Å². The van der Waals surface area contributed by atoms with Crippen LogP contribution in [0.4, 0.5) is 0 Å². The van der Waals surface area contributed by atoms with E-state index in [0.717, 1.165) is 10.0 Å². The Morgan fingerprint density at radius 3 is 2.05 bits per heavy atom. The standard InChI is InChI=1S/C32H29BrN2O8S/c33-24-10-8-23(9-11-24)31(34-16-21-6-12-27-29(14-21)42-19-40-27)26(32(36)37)18-35(44(38,39)25-4-2-1-3-5-25)17-22-7-13-28-30(15-22)43-20-41-28/h1-15,26,31,34H,16-20H2,(H,36,37). The van der Waals surface area contributed by atoms with Gasteiger partial charge in [-0.2, -0.15) is 4.31 Å². The topological polar surface area (TPSA) is 124 Å². The molecule has 12 heteroatoms. The van der Waals surface area contributed by atoms with Gasteiger partial charge < -0.3 is 29.4 Å². The van der Waals surface area contributed by atoms with Gasteiger partial charge in [-0.1, -0.05) is 58.4 Å². The van der Waals surface area contributed by atoms with Crippen LogP contribution in [-0.2, 0) is 27.9 Å². The molecule has 6 rings (SSSR count). The zero-order valence-electron chi connectivity index (χ0n) is 23.4. The second-order valence-corrected chi connectivity index (χ2v) is 13.2. The van der Waals surface area contributed by atoms with E-state index < -0.39 is 28.0 Å². The van der Waals surface area contributed by atoms with Gasteiger partial charge in [0.15, 0.2) is 23.0 Å². The van der Waals surface area contributed by atoms with Crippen LogP contribution in [0.15, 0.2) is 100 Å². The number of fused-ring (bicyclic) bond motifs is 2. The van der Waals surface area contributed by atoms with Gasteiger partial charge in [-0.3, -0.25) is 4.79 Å². The number of carboxylic acid groups (broad SMARTS) is 1. The number of hydrogen-bond donors (Lipinski definition) is 2. The summed E-state index contributed by atoms with van der Waals surface area (Å²) in [4.78, 5) is 13.1. The van der Waals surface area contributed by atoms with Crippen LogP contribution in [0.25, 0.3) is 0 Å². The van der Waals surface area contributed by atoms with Gasteiger partial charge in [0.25, 0.3) is 0 Å². The normalized spacial score (nSPS) is 14.9. The van der Waals surface area contributed by atoms with E-state index in [1.807, 2.05) is 42.5 Å². The molecule has 0 aromatic heterocycles. The molecule has 0 saturated heterocycles. The number of nitrogens with zero attached hydrogens (tertiary/aromatic N) is 1. The number of sulfonamides is 1. The van der Waals surface area contributed by atoms with Gasteiger partial charge in [-0.05, 0) is 65.2 Å². The van der Waals surface area contributed by atoms with Gasteiger partial charge in [-0.25, -0.2) is 8.42 Å². The van der Waals surface area contributed by atoms with Crippen LogP contribution >= 0.6 is 15.9 Å². The minimum atomic E-state index is -4.11. The summed E-state index contributed by atoms with van der Waals surface area (Å²) in [6.45, 7) is 0.136. The molecule has 2 N–H and O–H groups in total. The van der Waals surface area contributed by atoms with E-state index >= 15 is 0 Å². The average Bonchev–Trinajstić information content (AvgIpc) is 3.70. The van der Waals surface area contributed by atoms with Crippen LogP contribution in [0.2, 0.25) is 0 Å². The maximum atomic E-state index is 14.0. The Balaban J connectivity index is 1.34. The minimum Gasteiger partial charge on any atom is -0.481 e. The number of halogens is 1. The van der Waals surface area contributed by atoms with Crippen LogP contribution < -0.4 is 24.3 Å². The largest absolute Gasteiger partial charge is 0.481 e. The Morgan fingerprint density at radius 2 is 1.41 bits per heavy atom. The summed E-state index contributed by atoms with van der Waals surface area (Å²) in [6, 6.07) is 25.3. The fourth-order valence-corrected chi connectivity index (χ4v) is 6.96. The number of aliphatic carboxylic acids is 1. The van der Waals surface area contributed by atoms with Crippen LogP contribution in [0.3, 0.4) is 0 Å². The quantitative estimate of drug-likeness (QED) is 0.204. The lowest BCUT2D eigenvalue weighted by Gasteiger charge is -2.31. The second-order valence-electron chi connectivity index (χ2n) is 10.3. The van der Waals surface area contributed by atoms with Crippen molar-refractivity contribution in [3.8, 4) is 23.0 Å². The lowest BCUT2D eigenvalue weighted by molar-refractivity contribution is -0.143. The highest BCUT2D eigenvalue weighted by Gasteiger charge is 2.36. The summed E-state index contributed by atoms with van der Waals surface area (Å²) in [5.74, 6) is 0.0212. The van der Waals surface area contributed by atoms with Crippen molar-refractivity contribution in [2.75, 3.05) is 20.1 Å². The Bertz CT molecular complexity index is 1750. The number of benzene rings is 4. The highest BCUT2D eigenvalue weighted by Crippen LogP contribution is 2.35. The van der Waals surface area contributed by atoms with Crippen molar-refractivity contribution in [2.24, 2.45) is 5.92 Å². The van der Waals surface area contributed by atoms with Gasteiger partial charge in [0.1, 0.15) is 0 Å². The Labute approximate surface area is 263 Å². The van der Waals surface area contributed by atoms with E-state index in [9.17, 15) is 18.3 Å². The molecule has 0 amide bonds. The molecule has 2 heterocycles. The number of ether oxygens (including phenoxy) is 4. The van der Waals surface area contributed by atoms with E-state index in [4.69, 9.17) is 18.9 Å². The summed E-state index contributed by atoms with van der Waals surface area (Å²) in [5.41, 5.74) is 2.18. The van der Waals surface area contributed by atoms with E-state index in [2.05, 4.69) is 21.2 Å². The van der Waals surface area contributed by atoms with Gasteiger partial charge in [0.05, 0.1) is 10.8 Å². The highest BCUT2D eigenvalue weighted by molar-refractivity contribution is 9.10. The number of nitrogens with one attached hydrogen (secondary N) is 1. The van der Waals surface area contributed by atoms with E-state index in [0.29, 0.717) is 40.7 Å². The third kappa shape index (κ3) is 6.53. The molecular formula is C32H29BrN2O8S. The molecule has 228 valence electrons. The Hall–Kier alpha value is -4.10. The molecule has 44 heavy (non-hydrogen) atoms. The molecule has 2 unspecified atom stereocenters. The lowest BCUT2D eigenvalue weighted by atomic mass is 9.92. The third-order valence-corrected chi connectivity index (χ3v) is 9.84. The van der Waals surface area contributed by atoms with Crippen molar-refractivity contribution in [2.45, 2.75) is 24.0 Å². The number of carbonyl (C=O) groups is 1. The van der Waals surface area contributed by atoms with Crippen molar-refractivity contribution in [3.05, 3.63) is 112 Å². The first kappa shape index (κ1) is 29.9. The Kier molecular flexibility index (Phi) is 8.76. The molecule has 4 aromatic carbocycles. The molecular weight excluding hydrogens is 652 g/mol. The summed E-state index contributed by atoms with van der Waals surface area (Å²) >= 11 is 3.45. The van der Waals surface area contributed by atoms with Crippen LogP contribution in [0, 0.1) is 5.92 Å². The highest BCUT2D eigenvalue weighted by atomic mass is 79.9. The number of carboxylic acids is 1. The first-order valence-corrected chi connectivity index (χ1v) is 16.0. The van der Waals surface area contributed by atoms with Crippen molar-refractivity contribution in [1.82, 2.24) is 9.62 Å². The maximum Gasteiger partial charge on any atom is 0.309 e.